The Morgan fingerprint density at radius 3 is 2.48 bits per heavy atom. The van der Waals surface area contributed by atoms with Crippen LogP contribution in [0.15, 0.2) is 29.3 Å². The van der Waals surface area contributed by atoms with Crippen LogP contribution in [0.3, 0.4) is 0 Å². The van der Waals surface area contributed by atoms with Gasteiger partial charge in [-0.2, -0.15) is 0 Å². The maximum atomic E-state index is 8.97. The molecule has 0 saturated heterocycles. The largest absolute Gasteiger partial charge is 0.395 e. The van der Waals surface area contributed by atoms with Crippen LogP contribution < -0.4 is 10.6 Å². The number of hydrogen-bond donors (Lipinski definition) is 3. The summed E-state index contributed by atoms with van der Waals surface area (Å²) in [6, 6.07) is 8.07. The summed E-state index contributed by atoms with van der Waals surface area (Å²) >= 11 is 6.40. The molecule has 1 aromatic rings. The lowest BCUT2D eigenvalue weighted by Crippen LogP contribution is -2.39. The Morgan fingerprint density at radius 1 is 1.22 bits per heavy atom. The molecule has 0 bridgehead atoms. The molecular formula is C17H29ClN4O. The van der Waals surface area contributed by atoms with E-state index in [-0.39, 0.29) is 12.6 Å². The van der Waals surface area contributed by atoms with Crippen molar-refractivity contribution in [2.75, 3.05) is 39.3 Å². The number of aliphatic hydroxyl groups is 1. The van der Waals surface area contributed by atoms with E-state index in [0.717, 1.165) is 30.2 Å². The molecule has 0 radical (unpaired) electrons. The highest BCUT2D eigenvalue weighted by Gasteiger charge is 2.20. The maximum absolute atomic E-state index is 8.97. The van der Waals surface area contributed by atoms with Gasteiger partial charge in [0, 0.05) is 18.1 Å². The second-order valence-electron chi connectivity index (χ2n) is 5.13. The summed E-state index contributed by atoms with van der Waals surface area (Å²) < 4.78 is 0. The molecule has 0 spiro atoms. The predicted octanol–water partition coefficient (Wildman–Crippen LogP) is 2.27. The average molecular weight is 341 g/mol. The van der Waals surface area contributed by atoms with Crippen LogP contribution in [0.5, 0.6) is 0 Å². The summed E-state index contributed by atoms with van der Waals surface area (Å²) in [7, 11) is 0. The summed E-state index contributed by atoms with van der Waals surface area (Å²) in [5.74, 6) is 0.714. The maximum Gasteiger partial charge on any atom is 0.191 e. The van der Waals surface area contributed by atoms with E-state index in [2.05, 4.69) is 40.4 Å². The summed E-state index contributed by atoms with van der Waals surface area (Å²) in [6.45, 7) is 10.1. The van der Waals surface area contributed by atoms with Crippen molar-refractivity contribution < 1.29 is 5.11 Å². The van der Waals surface area contributed by atoms with E-state index in [0.29, 0.717) is 19.0 Å². The van der Waals surface area contributed by atoms with Crippen LogP contribution in [0.4, 0.5) is 0 Å². The van der Waals surface area contributed by atoms with Crippen LogP contribution in [0.1, 0.15) is 32.4 Å². The lowest BCUT2D eigenvalue weighted by atomic mass is 10.1. The first-order chi connectivity index (χ1) is 11.2. The molecule has 0 amide bonds. The van der Waals surface area contributed by atoms with Gasteiger partial charge in [-0.25, -0.2) is 0 Å². The van der Waals surface area contributed by atoms with E-state index in [1.54, 1.807) is 0 Å². The summed E-state index contributed by atoms with van der Waals surface area (Å²) in [5.41, 5.74) is 1.10. The van der Waals surface area contributed by atoms with Crippen molar-refractivity contribution in [2.45, 2.75) is 26.8 Å². The van der Waals surface area contributed by atoms with E-state index in [1.807, 2.05) is 25.1 Å². The Bertz CT molecular complexity index is 477. The van der Waals surface area contributed by atoms with Crippen molar-refractivity contribution in [3.63, 3.8) is 0 Å². The predicted molar refractivity (Wildman–Crippen MR) is 98.2 cm³/mol. The van der Waals surface area contributed by atoms with Crippen molar-refractivity contribution in [2.24, 2.45) is 4.99 Å². The molecule has 0 saturated carbocycles. The van der Waals surface area contributed by atoms with E-state index in [9.17, 15) is 0 Å². The zero-order valence-corrected chi connectivity index (χ0v) is 15.1. The molecule has 0 heterocycles. The van der Waals surface area contributed by atoms with Crippen molar-refractivity contribution in [3.8, 4) is 0 Å². The van der Waals surface area contributed by atoms with Crippen molar-refractivity contribution in [1.29, 1.82) is 0 Å². The molecule has 0 aliphatic rings. The molecule has 5 nitrogen and oxygen atoms in total. The van der Waals surface area contributed by atoms with Gasteiger partial charge in [0.25, 0.3) is 0 Å². The molecule has 0 fully saturated rings. The lowest BCUT2D eigenvalue weighted by Gasteiger charge is -2.29. The van der Waals surface area contributed by atoms with Crippen molar-refractivity contribution in [3.05, 3.63) is 34.9 Å². The Hall–Kier alpha value is -1.30. The third kappa shape index (κ3) is 6.37. The SMILES string of the molecule is CCNC(=NCC(c1ccccc1Cl)N(CC)CC)NCCO. The summed E-state index contributed by atoms with van der Waals surface area (Å²) in [5, 5.41) is 16.0. The quantitative estimate of drug-likeness (QED) is 0.477. The first-order valence-corrected chi connectivity index (χ1v) is 8.67. The van der Waals surface area contributed by atoms with Gasteiger partial charge < -0.3 is 15.7 Å². The van der Waals surface area contributed by atoms with Crippen LogP contribution in [0.25, 0.3) is 0 Å². The monoisotopic (exact) mass is 340 g/mol. The Kier molecular flexibility index (Phi) is 9.67. The van der Waals surface area contributed by atoms with Gasteiger partial charge in [-0.1, -0.05) is 43.6 Å². The fourth-order valence-electron chi connectivity index (χ4n) is 2.51. The van der Waals surface area contributed by atoms with E-state index in [4.69, 9.17) is 16.7 Å². The smallest absolute Gasteiger partial charge is 0.191 e. The van der Waals surface area contributed by atoms with Crippen LogP contribution in [0, 0.1) is 0 Å². The van der Waals surface area contributed by atoms with Crippen molar-refractivity contribution >= 4 is 17.6 Å². The zero-order valence-electron chi connectivity index (χ0n) is 14.3. The standard InChI is InChI=1S/C17H29ClN4O/c1-4-19-17(20-11-12-23)21-13-16(22(5-2)6-3)14-9-7-8-10-15(14)18/h7-10,16,23H,4-6,11-13H2,1-3H3,(H2,19,20,21). The molecule has 1 atom stereocenters. The first-order valence-electron chi connectivity index (χ1n) is 8.29. The molecule has 1 aromatic carbocycles. The number of benzene rings is 1. The number of guanidine groups is 1. The molecule has 0 aromatic heterocycles. The minimum absolute atomic E-state index is 0.0778. The Balaban J connectivity index is 2.98. The van der Waals surface area contributed by atoms with Gasteiger partial charge in [0.05, 0.1) is 19.2 Å². The van der Waals surface area contributed by atoms with E-state index < -0.39 is 0 Å². The second-order valence-corrected chi connectivity index (χ2v) is 5.54. The minimum Gasteiger partial charge on any atom is -0.395 e. The molecule has 3 N–H and O–H groups in total. The Morgan fingerprint density at radius 2 is 1.91 bits per heavy atom. The van der Waals surface area contributed by atoms with Crippen LogP contribution in [-0.2, 0) is 0 Å². The topological polar surface area (TPSA) is 59.9 Å². The second kappa shape index (κ2) is 11.3. The highest BCUT2D eigenvalue weighted by molar-refractivity contribution is 6.31. The number of aliphatic hydroxyl groups excluding tert-OH is 1. The number of nitrogens with zero attached hydrogens (tertiary/aromatic N) is 2. The van der Waals surface area contributed by atoms with Gasteiger partial charge >= 0.3 is 0 Å². The summed E-state index contributed by atoms with van der Waals surface area (Å²) in [4.78, 5) is 7.02. The highest BCUT2D eigenvalue weighted by atomic mass is 35.5. The van der Waals surface area contributed by atoms with Crippen LogP contribution in [-0.4, -0.2) is 55.3 Å². The number of likely N-dealkylation sites (N-methyl/N-ethyl adjacent to an activating group) is 1. The average Bonchev–Trinajstić information content (AvgIpc) is 2.57. The first kappa shape index (κ1) is 19.7. The Labute approximate surface area is 144 Å². The third-order valence-electron chi connectivity index (χ3n) is 3.69. The number of aliphatic imine (C=N–C) groups is 1. The fourth-order valence-corrected chi connectivity index (χ4v) is 2.78. The van der Waals surface area contributed by atoms with Gasteiger partial charge in [0.15, 0.2) is 5.96 Å². The third-order valence-corrected chi connectivity index (χ3v) is 4.03. The summed E-state index contributed by atoms with van der Waals surface area (Å²) in [6.07, 6.45) is 0. The lowest BCUT2D eigenvalue weighted by molar-refractivity contribution is 0.224. The van der Waals surface area contributed by atoms with Gasteiger partial charge in [-0.15, -0.1) is 0 Å². The van der Waals surface area contributed by atoms with Gasteiger partial charge in [-0.05, 0) is 31.6 Å². The molecule has 0 aliphatic carbocycles. The number of nitrogens with one attached hydrogen (secondary N) is 2. The van der Waals surface area contributed by atoms with Gasteiger partial charge in [-0.3, -0.25) is 9.89 Å². The molecular weight excluding hydrogens is 312 g/mol. The highest BCUT2D eigenvalue weighted by Crippen LogP contribution is 2.27. The molecule has 0 aliphatic heterocycles. The van der Waals surface area contributed by atoms with Gasteiger partial charge in [0.1, 0.15) is 0 Å². The molecule has 1 rings (SSSR count). The van der Waals surface area contributed by atoms with Crippen molar-refractivity contribution in [1.82, 2.24) is 15.5 Å². The normalized spacial score (nSPS) is 13.2. The molecule has 130 valence electrons. The minimum atomic E-state index is 0.0778. The fraction of sp³-hybridized carbons (Fsp3) is 0.588. The van der Waals surface area contributed by atoms with Gasteiger partial charge in [0.2, 0.25) is 0 Å². The number of rotatable bonds is 9. The molecule has 6 heteroatoms. The number of halogens is 1. The number of hydrogen-bond acceptors (Lipinski definition) is 3. The van der Waals surface area contributed by atoms with E-state index >= 15 is 0 Å². The van der Waals surface area contributed by atoms with E-state index in [1.165, 1.54) is 0 Å². The molecule has 1 unspecified atom stereocenters. The zero-order chi connectivity index (χ0) is 17.1. The molecule has 23 heavy (non-hydrogen) atoms. The van der Waals surface area contributed by atoms with Crippen LogP contribution in [0.2, 0.25) is 5.02 Å². The van der Waals surface area contributed by atoms with Crippen LogP contribution >= 0.6 is 11.6 Å².